The molecule has 0 aromatic rings. The van der Waals surface area contributed by atoms with E-state index in [-0.39, 0.29) is 0 Å². The lowest BCUT2D eigenvalue weighted by Crippen LogP contribution is -2.47. The molecule has 1 heterocycles. The molecule has 3 N–H and O–H groups in total. The zero-order valence-corrected chi connectivity index (χ0v) is 11.9. The van der Waals surface area contributed by atoms with E-state index in [9.17, 15) is 0 Å². The predicted molar refractivity (Wildman–Crippen MR) is 75.6 cm³/mol. The highest BCUT2D eigenvalue weighted by atomic mass is 16.5. The van der Waals surface area contributed by atoms with Gasteiger partial charge in [-0.1, -0.05) is 19.8 Å². The van der Waals surface area contributed by atoms with Crippen molar-refractivity contribution in [2.75, 3.05) is 26.3 Å². The first-order valence-corrected chi connectivity index (χ1v) is 7.81. The average molecular weight is 254 g/mol. The number of nitrogens with one attached hydrogen (secondary N) is 1. The van der Waals surface area contributed by atoms with E-state index in [1.54, 1.807) is 0 Å². The van der Waals surface area contributed by atoms with Crippen LogP contribution in [0.25, 0.3) is 0 Å². The minimum absolute atomic E-state index is 0.481. The molecule has 0 aromatic carbocycles. The minimum atomic E-state index is 0.481. The summed E-state index contributed by atoms with van der Waals surface area (Å²) in [6.07, 6.45) is 9.08. The lowest BCUT2D eigenvalue weighted by molar-refractivity contribution is 0.00983. The zero-order chi connectivity index (χ0) is 12.8. The van der Waals surface area contributed by atoms with E-state index in [0.29, 0.717) is 17.4 Å². The van der Waals surface area contributed by atoms with Gasteiger partial charge < -0.3 is 15.8 Å². The van der Waals surface area contributed by atoms with Crippen molar-refractivity contribution >= 4 is 0 Å². The highest BCUT2D eigenvalue weighted by Gasteiger charge is 2.32. The molecule has 1 saturated carbocycles. The van der Waals surface area contributed by atoms with Gasteiger partial charge in [0, 0.05) is 25.8 Å². The van der Waals surface area contributed by atoms with Gasteiger partial charge in [0.2, 0.25) is 0 Å². The molecule has 0 aromatic heterocycles. The average Bonchev–Trinajstić information content (AvgIpc) is 2.46. The van der Waals surface area contributed by atoms with Gasteiger partial charge >= 0.3 is 0 Å². The van der Waals surface area contributed by atoms with Crippen molar-refractivity contribution in [2.45, 2.75) is 57.9 Å². The van der Waals surface area contributed by atoms with Crippen molar-refractivity contribution < 1.29 is 4.74 Å². The van der Waals surface area contributed by atoms with Gasteiger partial charge in [0.15, 0.2) is 0 Å². The number of ether oxygens (including phenoxy) is 1. The van der Waals surface area contributed by atoms with Crippen molar-refractivity contribution in [3.8, 4) is 0 Å². The SMILES string of the molecule is CCC1(CNC2CCCCC2CN)CCOCC1. The molecule has 106 valence electrons. The van der Waals surface area contributed by atoms with Crippen LogP contribution in [0.3, 0.4) is 0 Å². The van der Waals surface area contributed by atoms with Gasteiger partial charge in [-0.05, 0) is 50.0 Å². The first kappa shape index (κ1) is 14.3. The fraction of sp³-hybridized carbons (Fsp3) is 1.00. The van der Waals surface area contributed by atoms with E-state index in [0.717, 1.165) is 26.3 Å². The predicted octanol–water partition coefficient (Wildman–Crippen LogP) is 2.30. The van der Waals surface area contributed by atoms with Crippen LogP contribution in [0.5, 0.6) is 0 Å². The molecule has 3 nitrogen and oxygen atoms in total. The Morgan fingerprint density at radius 1 is 1.22 bits per heavy atom. The Balaban J connectivity index is 1.84. The zero-order valence-electron chi connectivity index (χ0n) is 11.9. The van der Waals surface area contributed by atoms with Crippen LogP contribution in [0.4, 0.5) is 0 Å². The van der Waals surface area contributed by atoms with Crippen molar-refractivity contribution in [3.63, 3.8) is 0 Å². The van der Waals surface area contributed by atoms with Crippen LogP contribution in [0.2, 0.25) is 0 Å². The second-order valence-corrected chi connectivity index (χ2v) is 6.23. The molecule has 0 radical (unpaired) electrons. The van der Waals surface area contributed by atoms with Crippen LogP contribution in [0, 0.1) is 11.3 Å². The van der Waals surface area contributed by atoms with Crippen LogP contribution in [-0.4, -0.2) is 32.3 Å². The summed E-state index contributed by atoms with van der Waals surface area (Å²) in [6, 6.07) is 0.662. The Morgan fingerprint density at radius 2 is 1.94 bits per heavy atom. The molecule has 2 unspecified atom stereocenters. The largest absolute Gasteiger partial charge is 0.381 e. The van der Waals surface area contributed by atoms with E-state index in [1.165, 1.54) is 44.9 Å². The molecule has 18 heavy (non-hydrogen) atoms. The van der Waals surface area contributed by atoms with Crippen LogP contribution in [0.15, 0.2) is 0 Å². The molecule has 2 fully saturated rings. The highest BCUT2D eigenvalue weighted by molar-refractivity contribution is 4.87. The summed E-state index contributed by atoms with van der Waals surface area (Å²) in [5.41, 5.74) is 6.39. The Labute approximate surface area is 112 Å². The van der Waals surface area contributed by atoms with Crippen LogP contribution >= 0.6 is 0 Å². The topological polar surface area (TPSA) is 47.3 Å². The lowest BCUT2D eigenvalue weighted by Gasteiger charge is -2.40. The number of hydrogen-bond acceptors (Lipinski definition) is 3. The van der Waals surface area contributed by atoms with Gasteiger partial charge in [0.05, 0.1) is 0 Å². The van der Waals surface area contributed by atoms with E-state index in [1.807, 2.05) is 0 Å². The molecule has 2 aliphatic rings. The molecule has 3 heteroatoms. The van der Waals surface area contributed by atoms with Crippen molar-refractivity contribution in [1.29, 1.82) is 0 Å². The molecule has 1 saturated heterocycles. The summed E-state index contributed by atoms with van der Waals surface area (Å²) in [6.45, 7) is 6.23. The summed E-state index contributed by atoms with van der Waals surface area (Å²) in [4.78, 5) is 0. The maximum Gasteiger partial charge on any atom is 0.0471 e. The second-order valence-electron chi connectivity index (χ2n) is 6.23. The molecular formula is C15H30N2O. The fourth-order valence-corrected chi connectivity index (χ4v) is 3.57. The standard InChI is InChI=1S/C15H30N2O/c1-2-15(7-9-18-10-8-15)12-17-14-6-4-3-5-13(14)11-16/h13-14,17H,2-12,16H2,1H3. The Hall–Kier alpha value is -0.120. The van der Waals surface area contributed by atoms with Crippen LogP contribution in [0.1, 0.15) is 51.9 Å². The third-order valence-electron chi connectivity index (χ3n) is 5.25. The van der Waals surface area contributed by atoms with Gasteiger partial charge in [-0.25, -0.2) is 0 Å². The number of rotatable bonds is 5. The summed E-state index contributed by atoms with van der Waals surface area (Å²) < 4.78 is 5.51. The van der Waals surface area contributed by atoms with Crippen LogP contribution in [-0.2, 0) is 4.74 Å². The summed E-state index contributed by atoms with van der Waals surface area (Å²) in [5.74, 6) is 0.701. The number of nitrogens with two attached hydrogens (primary N) is 1. The number of hydrogen-bond donors (Lipinski definition) is 2. The fourth-order valence-electron chi connectivity index (χ4n) is 3.57. The van der Waals surface area contributed by atoms with Gasteiger partial charge in [-0.2, -0.15) is 0 Å². The van der Waals surface area contributed by atoms with Gasteiger partial charge in [0.25, 0.3) is 0 Å². The van der Waals surface area contributed by atoms with E-state index in [4.69, 9.17) is 10.5 Å². The monoisotopic (exact) mass is 254 g/mol. The molecule has 0 amide bonds. The van der Waals surface area contributed by atoms with E-state index < -0.39 is 0 Å². The summed E-state index contributed by atoms with van der Waals surface area (Å²) >= 11 is 0. The molecular weight excluding hydrogens is 224 g/mol. The van der Waals surface area contributed by atoms with Crippen molar-refractivity contribution in [3.05, 3.63) is 0 Å². The first-order chi connectivity index (χ1) is 8.79. The Kier molecular flexibility index (Phi) is 5.46. The van der Waals surface area contributed by atoms with E-state index >= 15 is 0 Å². The first-order valence-electron chi connectivity index (χ1n) is 7.81. The maximum atomic E-state index is 5.91. The van der Waals surface area contributed by atoms with Crippen LogP contribution < -0.4 is 11.1 Å². The minimum Gasteiger partial charge on any atom is -0.381 e. The highest BCUT2D eigenvalue weighted by Crippen LogP contribution is 2.34. The van der Waals surface area contributed by atoms with Gasteiger partial charge in [0.1, 0.15) is 0 Å². The molecule has 0 spiro atoms. The molecule has 0 bridgehead atoms. The smallest absolute Gasteiger partial charge is 0.0471 e. The normalized spacial score (nSPS) is 32.3. The van der Waals surface area contributed by atoms with Crippen molar-refractivity contribution in [2.24, 2.45) is 17.1 Å². The Bertz CT molecular complexity index is 239. The molecule has 1 aliphatic carbocycles. The third-order valence-corrected chi connectivity index (χ3v) is 5.25. The van der Waals surface area contributed by atoms with E-state index in [2.05, 4.69) is 12.2 Å². The van der Waals surface area contributed by atoms with Gasteiger partial charge in [-0.15, -0.1) is 0 Å². The maximum absolute atomic E-state index is 5.91. The summed E-state index contributed by atoms with van der Waals surface area (Å²) in [5, 5.41) is 3.85. The van der Waals surface area contributed by atoms with Gasteiger partial charge in [-0.3, -0.25) is 0 Å². The molecule has 2 atom stereocenters. The third kappa shape index (κ3) is 3.46. The Morgan fingerprint density at radius 3 is 2.61 bits per heavy atom. The molecule has 1 aliphatic heterocycles. The summed E-state index contributed by atoms with van der Waals surface area (Å²) in [7, 11) is 0. The quantitative estimate of drug-likeness (QED) is 0.791. The van der Waals surface area contributed by atoms with Crippen molar-refractivity contribution in [1.82, 2.24) is 5.32 Å². The molecule has 2 rings (SSSR count). The second kappa shape index (κ2) is 6.88. The lowest BCUT2D eigenvalue weighted by atomic mass is 9.76.